The van der Waals surface area contributed by atoms with E-state index in [1.165, 1.54) is 35.0 Å². The highest BCUT2D eigenvalue weighted by atomic mass is 79.9. The van der Waals surface area contributed by atoms with E-state index in [1.807, 2.05) is 11.3 Å². The standard InChI is InChI=1S/C10H12Br2S/c11-8-5-6-13-10(8)9(12)7-3-1-2-4-7/h5-7,9H,1-4H2. The third-order valence-corrected chi connectivity index (χ3v) is 6.17. The van der Waals surface area contributed by atoms with E-state index in [1.54, 1.807) is 0 Å². The van der Waals surface area contributed by atoms with Crippen molar-refractivity contribution < 1.29 is 0 Å². The monoisotopic (exact) mass is 322 g/mol. The molecule has 1 atom stereocenters. The molecule has 0 radical (unpaired) electrons. The van der Waals surface area contributed by atoms with Crippen molar-refractivity contribution in [3.63, 3.8) is 0 Å². The predicted octanol–water partition coefficient (Wildman–Crippen LogP) is 5.14. The third kappa shape index (κ3) is 2.18. The first-order chi connectivity index (χ1) is 6.29. The van der Waals surface area contributed by atoms with E-state index >= 15 is 0 Å². The fourth-order valence-corrected chi connectivity index (χ4v) is 5.06. The molecule has 1 unspecified atom stereocenters. The van der Waals surface area contributed by atoms with Gasteiger partial charge in [0.15, 0.2) is 0 Å². The molecule has 0 aliphatic heterocycles. The van der Waals surface area contributed by atoms with E-state index < -0.39 is 0 Å². The van der Waals surface area contributed by atoms with Crippen molar-refractivity contribution in [3.8, 4) is 0 Å². The van der Waals surface area contributed by atoms with Crippen molar-refractivity contribution in [1.82, 2.24) is 0 Å². The van der Waals surface area contributed by atoms with Crippen molar-refractivity contribution >= 4 is 43.2 Å². The quantitative estimate of drug-likeness (QED) is 0.661. The van der Waals surface area contributed by atoms with Crippen LogP contribution < -0.4 is 0 Å². The Hall–Kier alpha value is 0.660. The highest BCUT2D eigenvalue weighted by Gasteiger charge is 2.26. The lowest BCUT2D eigenvalue weighted by Gasteiger charge is -2.15. The molecule has 72 valence electrons. The lowest BCUT2D eigenvalue weighted by Crippen LogP contribution is -2.01. The average molecular weight is 324 g/mol. The fourth-order valence-electron chi connectivity index (χ4n) is 1.97. The van der Waals surface area contributed by atoms with Crippen molar-refractivity contribution in [2.24, 2.45) is 5.92 Å². The summed E-state index contributed by atoms with van der Waals surface area (Å²) in [6.07, 6.45) is 5.60. The van der Waals surface area contributed by atoms with Gasteiger partial charge in [0.2, 0.25) is 0 Å². The fraction of sp³-hybridized carbons (Fsp3) is 0.600. The molecule has 0 N–H and O–H groups in total. The highest BCUT2D eigenvalue weighted by molar-refractivity contribution is 9.11. The summed E-state index contributed by atoms with van der Waals surface area (Å²) in [5, 5.41) is 2.16. The Bertz CT molecular complexity index is 276. The van der Waals surface area contributed by atoms with Crippen LogP contribution in [-0.2, 0) is 0 Å². The van der Waals surface area contributed by atoms with E-state index in [-0.39, 0.29) is 0 Å². The SMILES string of the molecule is Brc1ccsc1C(Br)C1CCCC1. The van der Waals surface area contributed by atoms with Crippen LogP contribution in [0, 0.1) is 5.92 Å². The normalized spacial score (nSPS) is 20.8. The second kappa shape index (κ2) is 4.45. The van der Waals surface area contributed by atoms with Gasteiger partial charge in [-0.1, -0.05) is 28.8 Å². The number of hydrogen-bond donors (Lipinski definition) is 0. The number of hydrogen-bond acceptors (Lipinski definition) is 1. The summed E-state index contributed by atoms with van der Waals surface area (Å²) in [6, 6.07) is 2.14. The van der Waals surface area contributed by atoms with Gasteiger partial charge in [0.25, 0.3) is 0 Å². The molecule has 1 heterocycles. The van der Waals surface area contributed by atoms with Crippen LogP contribution in [0.25, 0.3) is 0 Å². The summed E-state index contributed by atoms with van der Waals surface area (Å²) in [5.74, 6) is 0.856. The minimum absolute atomic E-state index is 0.573. The van der Waals surface area contributed by atoms with Gasteiger partial charge in [0.1, 0.15) is 0 Å². The Kier molecular flexibility index (Phi) is 3.49. The lowest BCUT2D eigenvalue weighted by atomic mass is 10.0. The zero-order valence-electron chi connectivity index (χ0n) is 7.30. The summed E-state index contributed by atoms with van der Waals surface area (Å²) in [7, 11) is 0. The van der Waals surface area contributed by atoms with Crippen molar-refractivity contribution in [1.29, 1.82) is 0 Å². The van der Waals surface area contributed by atoms with Crippen LogP contribution in [0.2, 0.25) is 0 Å². The Morgan fingerprint density at radius 2 is 2.08 bits per heavy atom. The third-order valence-electron chi connectivity index (χ3n) is 2.71. The molecule has 0 bridgehead atoms. The van der Waals surface area contributed by atoms with Gasteiger partial charge in [-0.2, -0.15) is 0 Å². The van der Waals surface area contributed by atoms with Gasteiger partial charge in [-0.3, -0.25) is 0 Å². The molecular weight excluding hydrogens is 312 g/mol. The Morgan fingerprint density at radius 3 is 2.62 bits per heavy atom. The molecule has 0 spiro atoms. The molecule has 1 aromatic rings. The van der Waals surface area contributed by atoms with Gasteiger partial charge in [-0.05, 0) is 46.1 Å². The molecule has 13 heavy (non-hydrogen) atoms. The second-order valence-corrected chi connectivity index (χ2v) is 6.37. The number of thiophene rings is 1. The van der Waals surface area contributed by atoms with Gasteiger partial charge in [-0.15, -0.1) is 11.3 Å². The molecule has 0 aromatic carbocycles. The van der Waals surface area contributed by atoms with Crippen LogP contribution in [0.5, 0.6) is 0 Å². The lowest BCUT2D eigenvalue weighted by molar-refractivity contribution is 0.545. The van der Waals surface area contributed by atoms with Gasteiger partial charge in [0, 0.05) is 9.35 Å². The van der Waals surface area contributed by atoms with E-state index in [2.05, 4.69) is 43.3 Å². The first-order valence-corrected chi connectivity index (χ1v) is 7.25. The topological polar surface area (TPSA) is 0 Å². The van der Waals surface area contributed by atoms with Crippen molar-refractivity contribution in [2.45, 2.75) is 30.5 Å². The van der Waals surface area contributed by atoms with Gasteiger partial charge < -0.3 is 0 Å². The van der Waals surface area contributed by atoms with Crippen LogP contribution in [0.15, 0.2) is 15.9 Å². The van der Waals surface area contributed by atoms with E-state index in [0.717, 1.165) is 5.92 Å². The van der Waals surface area contributed by atoms with Crippen LogP contribution in [0.4, 0.5) is 0 Å². The second-order valence-electron chi connectivity index (χ2n) is 3.58. The summed E-state index contributed by atoms with van der Waals surface area (Å²) < 4.78 is 1.27. The van der Waals surface area contributed by atoms with E-state index in [9.17, 15) is 0 Å². The highest BCUT2D eigenvalue weighted by Crippen LogP contribution is 2.45. The van der Waals surface area contributed by atoms with Crippen LogP contribution in [0.1, 0.15) is 35.4 Å². The molecule has 0 nitrogen and oxygen atoms in total. The first-order valence-electron chi connectivity index (χ1n) is 4.66. The van der Waals surface area contributed by atoms with Crippen molar-refractivity contribution in [3.05, 3.63) is 20.8 Å². The molecule has 1 aromatic heterocycles. The summed E-state index contributed by atoms with van der Waals surface area (Å²) >= 11 is 9.27. The maximum Gasteiger partial charge on any atom is 0.0528 e. The zero-order valence-corrected chi connectivity index (χ0v) is 11.3. The minimum Gasteiger partial charge on any atom is -0.147 e. The zero-order chi connectivity index (χ0) is 9.26. The first kappa shape index (κ1) is 10.2. The molecule has 2 rings (SSSR count). The molecule has 1 saturated carbocycles. The smallest absolute Gasteiger partial charge is 0.0528 e. The molecule has 1 aliphatic carbocycles. The average Bonchev–Trinajstić information content (AvgIpc) is 2.72. The molecule has 0 saturated heterocycles. The van der Waals surface area contributed by atoms with Crippen LogP contribution in [-0.4, -0.2) is 0 Å². The largest absolute Gasteiger partial charge is 0.147 e. The number of halogens is 2. The number of alkyl halides is 1. The van der Waals surface area contributed by atoms with Crippen molar-refractivity contribution in [2.75, 3.05) is 0 Å². The summed E-state index contributed by atoms with van der Waals surface area (Å²) in [4.78, 5) is 2.04. The Morgan fingerprint density at radius 1 is 1.38 bits per heavy atom. The molecule has 1 fully saturated rings. The molecular formula is C10H12Br2S. The number of rotatable bonds is 2. The Labute approximate surface area is 100.0 Å². The predicted molar refractivity (Wildman–Crippen MR) is 65.6 cm³/mol. The van der Waals surface area contributed by atoms with Gasteiger partial charge in [0.05, 0.1) is 4.83 Å². The van der Waals surface area contributed by atoms with E-state index in [0.29, 0.717) is 4.83 Å². The van der Waals surface area contributed by atoms with Gasteiger partial charge in [-0.25, -0.2) is 0 Å². The van der Waals surface area contributed by atoms with Crippen LogP contribution in [0.3, 0.4) is 0 Å². The maximum absolute atomic E-state index is 3.82. The summed E-state index contributed by atoms with van der Waals surface area (Å²) in [6.45, 7) is 0. The Balaban J connectivity index is 2.12. The van der Waals surface area contributed by atoms with Crippen LogP contribution >= 0.6 is 43.2 Å². The minimum atomic E-state index is 0.573. The molecule has 1 aliphatic rings. The maximum atomic E-state index is 3.82. The summed E-state index contributed by atoms with van der Waals surface area (Å²) in [5.41, 5.74) is 0. The van der Waals surface area contributed by atoms with E-state index in [4.69, 9.17) is 0 Å². The van der Waals surface area contributed by atoms with Gasteiger partial charge >= 0.3 is 0 Å². The molecule has 0 amide bonds. The molecule has 3 heteroatoms.